The monoisotopic (exact) mass is 398 g/mol. The van der Waals surface area contributed by atoms with E-state index in [0.29, 0.717) is 22.6 Å². The molecule has 5 nitrogen and oxygen atoms in total. The Labute approximate surface area is 175 Å². The number of aryl methyl sites for hydroxylation is 1. The second kappa shape index (κ2) is 7.87. The third-order valence-electron chi connectivity index (χ3n) is 5.32. The highest BCUT2D eigenvalue weighted by Crippen LogP contribution is 2.36. The van der Waals surface area contributed by atoms with E-state index >= 15 is 0 Å². The molecule has 5 heteroatoms. The van der Waals surface area contributed by atoms with Crippen molar-refractivity contribution < 1.29 is 14.3 Å². The number of rotatable bonds is 5. The maximum Gasteiger partial charge on any atom is 0.282 e. The number of ether oxygens (including phenoxy) is 1. The van der Waals surface area contributed by atoms with E-state index in [4.69, 9.17) is 4.74 Å². The summed E-state index contributed by atoms with van der Waals surface area (Å²) in [5.41, 5.74) is 4.51. The Morgan fingerprint density at radius 3 is 2.17 bits per heavy atom. The number of carbonyl (C=O) groups excluding carboxylic acids is 2. The van der Waals surface area contributed by atoms with Crippen molar-refractivity contribution in [1.29, 1.82) is 0 Å². The molecule has 0 saturated carbocycles. The molecular formula is C25H22N2O3. The zero-order valence-corrected chi connectivity index (χ0v) is 17.1. The van der Waals surface area contributed by atoms with Crippen LogP contribution in [0.3, 0.4) is 0 Å². The van der Waals surface area contributed by atoms with Gasteiger partial charge in [0, 0.05) is 5.69 Å². The van der Waals surface area contributed by atoms with Crippen molar-refractivity contribution in [1.82, 2.24) is 0 Å². The molecule has 3 aromatic rings. The molecule has 2 amide bonds. The van der Waals surface area contributed by atoms with Crippen LogP contribution in [0.25, 0.3) is 5.57 Å². The summed E-state index contributed by atoms with van der Waals surface area (Å²) in [7, 11) is 1.59. The van der Waals surface area contributed by atoms with Gasteiger partial charge in [0.1, 0.15) is 11.4 Å². The first-order valence-corrected chi connectivity index (χ1v) is 9.67. The molecular weight excluding hydrogens is 376 g/mol. The number of hydrogen-bond acceptors (Lipinski definition) is 4. The molecule has 0 aromatic heterocycles. The van der Waals surface area contributed by atoms with Gasteiger partial charge in [0.05, 0.1) is 18.4 Å². The minimum atomic E-state index is -0.372. The first-order chi connectivity index (χ1) is 14.5. The molecule has 0 spiro atoms. The largest absolute Gasteiger partial charge is 0.497 e. The van der Waals surface area contributed by atoms with Crippen molar-refractivity contribution in [3.63, 3.8) is 0 Å². The average molecular weight is 398 g/mol. The van der Waals surface area contributed by atoms with Gasteiger partial charge in [-0.25, -0.2) is 4.90 Å². The predicted octanol–water partition coefficient (Wildman–Crippen LogP) is 4.71. The first-order valence-electron chi connectivity index (χ1n) is 9.67. The van der Waals surface area contributed by atoms with Crippen molar-refractivity contribution in [3.05, 3.63) is 95.2 Å². The molecule has 0 unspecified atom stereocenters. The van der Waals surface area contributed by atoms with Crippen molar-refractivity contribution in [2.24, 2.45) is 0 Å². The molecule has 150 valence electrons. The van der Waals surface area contributed by atoms with Crippen LogP contribution < -0.4 is 15.0 Å². The van der Waals surface area contributed by atoms with E-state index in [9.17, 15) is 9.59 Å². The molecule has 1 aliphatic heterocycles. The number of hydrogen-bond donors (Lipinski definition) is 1. The van der Waals surface area contributed by atoms with Gasteiger partial charge < -0.3 is 10.1 Å². The SMILES string of the molecule is COc1ccc(C2=C(Nc3ccccc3)C(=O)N(c3cccc(C)c3C)C2=O)cc1. The number of anilines is 2. The summed E-state index contributed by atoms with van der Waals surface area (Å²) in [5, 5.41) is 3.17. The van der Waals surface area contributed by atoms with Gasteiger partial charge in [-0.05, 0) is 60.9 Å². The summed E-state index contributed by atoms with van der Waals surface area (Å²) in [4.78, 5) is 28.2. The number of amides is 2. The fraction of sp³-hybridized carbons (Fsp3) is 0.120. The Bertz CT molecular complexity index is 1150. The van der Waals surface area contributed by atoms with Crippen molar-refractivity contribution in [2.45, 2.75) is 13.8 Å². The lowest BCUT2D eigenvalue weighted by atomic mass is 10.0. The number of methoxy groups -OCH3 is 1. The van der Waals surface area contributed by atoms with Crippen LogP contribution in [0.5, 0.6) is 5.75 Å². The maximum atomic E-state index is 13.5. The molecule has 3 aromatic carbocycles. The Kier molecular flexibility index (Phi) is 5.11. The standard InChI is InChI=1S/C25H22N2O3/c1-16-8-7-11-21(17(16)2)27-24(28)22(18-12-14-20(30-3)15-13-18)23(25(27)29)26-19-9-5-4-6-10-19/h4-15,26H,1-3H3. The Morgan fingerprint density at radius 2 is 1.50 bits per heavy atom. The van der Waals surface area contributed by atoms with E-state index in [2.05, 4.69) is 5.32 Å². The highest BCUT2D eigenvalue weighted by molar-refractivity contribution is 6.46. The Morgan fingerprint density at radius 1 is 0.800 bits per heavy atom. The van der Waals surface area contributed by atoms with Crippen LogP contribution in [0.1, 0.15) is 16.7 Å². The molecule has 30 heavy (non-hydrogen) atoms. The number of para-hydroxylation sites is 1. The second-order valence-corrected chi connectivity index (χ2v) is 7.13. The highest BCUT2D eigenvalue weighted by Gasteiger charge is 2.40. The van der Waals surface area contributed by atoms with Gasteiger partial charge in [-0.1, -0.05) is 42.5 Å². The van der Waals surface area contributed by atoms with Gasteiger partial charge in [-0.15, -0.1) is 0 Å². The van der Waals surface area contributed by atoms with E-state index in [1.807, 2.05) is 56.3 Å². The topological polar surface area (TPSA) is 58.6 Å². The van der Waals surface area contributed by atoms with E-state index in [1.165, 1.54) is 4.90 Å². The van der Waals surface area contributed by atoms with Gasteiger partial charge >= 0.3 is 0 Å². The van der Waals surface area contributed by atoms with Crippen molar-refractivity contribution >= 4 is 28.8 Å². The number of imide groups is 1. The van der Waals surface area contributed by atoms with Crippen LogP contribution in [0.15, 0.2) is 78.5 Å². The summed E-state index contributed by atoms with van der Waals surface area (Å²) in [6.07, 6.45) is 0. The predicted molar refractivity (Wildman–Crippen MR) is 118 cm³/mol. The molecule has 1 heterocycles. The quantitative estimate of drug-likeness (QED) is 0.633. The summed E-state index contributed by atoms with van der Waals surface area (Å²) in [6, 6.07) is 22.1. The molecule has 0 fully saturated rings. The van der Waals surface area contributed by atoms with Crippen LogP contribution >= 0.6 is 0 Å². The van der Waals surface area contributed by atoms with E-state index in [0.717, 1.165) is 16.8 Å². The van der Waals surface area contributed by atoms with E-state index in [1.54, 1.807) is 37.4 Å². The van der Waals surface area contributed by atoms with Gasteiger partial charge in [0.2, 0.25) is 0 Å². The van der Waals surface area contributed by atoms with E-state index in [-0.39, 0.29) is 17.5 Å². The van der Waals surface area contributed by atoms with Crippen LogP contribution in [0.4, 0.5) is 11.4 Å². The fourth-order valence-corrected chi connectivity index (χ4v) is 3.53. The third-order valence-corrected chi connectivity index (χ3v) is 5.32. The number of nitrogens with zero attached hydrogens (tertiary/aromatic N) is 1. The molecule has 0 aliphatic carbocycles. The summed E-state index contributed by atoms with van der Waals surface area (Å²) < 4.78 is 5.23. The Balaban J connectivity index is 1.84. The lowest BCUT2D eigenvalue weighted by Crippen LogP contribution is -2.33. The molecule has 0 bridgehead atoms. The van der Waals surface area contributed by atoms with Crippen LogP contribution in [-0.4, -0.2) is 18.9 Å². The minimum Gasteiger partial charge on any atom is -0.497 e. The number of benzene rings is 3. The molecule has 0 radical (unpaired) electrons. The minimum absolute atomic E-state index is 0.261. The molecule has 1 N–H and O–H groups in total. The van der Waals surface area contributed by atoms with Gasteiger partial charge in [-0.3, -0.25) is 9.59 Å². The normalized spacial score (nSPS) is 13.8. The zero-order chi connectivity index (χ0) is 21.3. The number of carbonyl (C=O) groups is 2. The van der Waals surface area contributed by atoms with Crippen LogP contribution in [0, 0.1) is 13.8 Å². The highest BCUT2D eigenvalue weighted by atomic mass is 16.5. The summed E-state index contributed by atoms with van der Waals surface area (Å²) in [6.45, 7) is 3.88. The second-order valence-electron chi connectivity index (χ2n) is 7.13. The van der Waals surface area contributed by atoms with Crippen molar-refractivity contribution in [3.8, 4) is 5.75 Å². The molecule has 0 saturated heterocycles. The van der Waals surface area contributed by atoms with Crippen LogP contribution in [-0.2, 0) is 9.59 Å². The van der Waals surface area contributed by atoms with E-state index < -0.39 is 0 Å². The maximum absolute atomic E-state index is 13.5. The average Bonchev–Trinajstić information content (AvgIpc) is 3.00. The van der Waals surface area contributed by atoms with Gasteiger partial charge in [-0.2, -0.15) is 0 Å². The van der Waals surface area contributed by atoms with Crippen molar-refractivity contribution in [2.75, 3.05) is 17.3 Å². The van der Waals surface area contributed by atoms with Gasteiger partial charge in [0.25, 0.3) is 11.8 Å². The van der Waals surface area contributed by atoms with Gasteiger partial charge in [0.15, 0.2) is 0 Å². The van der Waals surface area contributed by atoms with Crippen LogP contribution in [0.2, 0.25) is 0 Å². The first kappa shape index (κ1) is 19.5. The lowest BCUT2D eigenvalue weighted by Gasteiger charge is -2.19. The molecule has 4 rings (SSSR count). The smallest absolute Gasteiger partial charge is 0.282 e. The Hall–Kier alpha value is -3.86. The fourth-order valence-electron chi connectivity index (χ4n) is 3.53. The molecule has 1 aliphatic rings. The zero-order valence-electron chi connectivity index (χ0n) is 17.1. The lowest BCUT2D eigenvalue weighted by molar-refractivity contribution is -0.120. The third kappa shape index (κ3) is 3.35. The number of nitrogens with one attached hydrogen (secondary N) is 1. The molecule has 0 atom stereocenters. The summed E-state index contributed by atoms with van der Waals surface area (Å²) in [5.74, 6) is -0.0410. The summed E-state index contributed by atoms with van der Waals surface area (Å²) >= 11 is 0.